The lowest BCUT2D eigenvalue weighted by Crippen LogP contribution is -2.11. The zero-order chi connectivity index (χ0) is 13.1. The van der Waals surface area contributed by atoms with E-state index in [-0.39, 0.29) is 0 Å². The molecule has 0 fully saturated rings. The minimum Gasteiger partial charge on any atom is -0.496 e. The number of nitrogens with two attached hydrogens (primary N) is 1. The molecular weight excluding hydrogens is 248 g/mol. The topological polar surface area (TPSA) is 73.1 Å². The maximum absolute atomic E-state index is 5.52. The van der Waals surface area contributed by atoms with Gasteiger partial charge < -0.3 is 10.2 Å². The van der Waals surface area contributed by atoms with Crippen LogP contribution >= 0.6 is 11.8 Å². The fourth-order valence-corrected chi connectivity index (χ4v) is 1.92. The zero-order valence-corrected chi connectivity index (χ0v) is 11.0. The smallest absolute Gasteiger partial charge is 0.167 e. The van der Waals surface area contributed by atoms with E-state index in [4.69, 9.17) is 10.6 Å². The summed E-state index contributed by atoms with van der Waals surface area (Å²) < 4.78 is 5.29. The molecule has 0 bridgehead atoms. The average molecular weight is 262 g/mol. The van der Waals surface area contributed by atoms with Crippen LogP contribution in [0, 0.1) is 0 Å². The van der Waals surface area contributed by atoms with E-state index < -0.39 is 0 Å². The molecule has 94 valence electrons. The Hall–Kier alpha value is -1.79. The summed E-state index contributed by atoms with van der Waals surface area (Å²) in [4.78, 5) is 9.60. The van der Waals surface area contributed by atoms with Gasteiger partial charge in [0.15, 0.2) is 11.6 Å². The van der Waals surface area contributed by atoms with Crippen LogP contribution in [-0.2, 0) is 0 Å². The van der Waals surface area contributed by atoms with Crippen molar-refractivity contribution in [2.75, 3.05) is 18.8 Å². The first kappa shape index (κ1) is 12.7. The lowest BCUT2D eigenvalue weighted by Gasteiger charge is -2.11. The van der Waals surface area contributed by atoms with E-state index in [1.165, 1.54) is 11.8 Å². The van der Waals surface area contributed by atoms with Crippen LogP contribution in [0.25, 0.3) is 15.8 Å². The van der Waals surface area contributed by atoms with Gasteiger partial charge in [-0.1, -0.05) is 12.6 Å². The number of fused-ring (bicyclic) bond motifs is 1. The average Bonchev–Trinajstić information content (AvgIpc) is 2.44. The highest BCUT2D eigenvalue weighted by Gasteiger charge is 2.12. The summed E-state index contributed by atoms with van der Waals surface area (Å²) >= 11 is 1.50. The van der Waals surface area contributed by atoms with Crippen molar-refractivity contribution < 1.29 is 4.74 Å². The second kappa shape index (κ2) is 5.24. The van der Waals surface area contributed by atoms with Crippen LogP contribution in [0.2, 0.25) is 0 Å². The summed E-state index contributed by atoms with van der Waals surface area (Å²) in [5, 5.41) is 0.764. The molecule has 2 aromatic rings. The van der Waals surface area contributed by atoms with Gasteiger partial charge in [0.1, 0.15) is 5.75 Å². The third-order valence-corrected chi connectivity index (χ3v) is 3.21. The second-order valence-electron chi connectivity index (χ2n) is 3.52. The molecule has 0 radical (unpaired) electrons. The molecule has 0 spiro atoms. The highest BCUT2D eigenvalue weighted by atomic mass is 32.2. The van der Waals surface area contributed by atoms with Gasteiger partial charge in [0.2, 0.25) is 0 Å². The zero-order valence-electron chi connectivity index (χ0n) is 10.2. The van der Waals surface area contributed by atoms with Crippen LogP contribution in [0.1, 0.15) is 5.82 Å². The molecule has 0 aliphatic carbocycles. The third kappa shape index (κ3) is 2.12. The number of thioether (sulfide) groups is 1. The molecule has 1 heterocycles. The normalized spacial score (nSPS) is 10.4. The molecule has 0 saturated heterocycles. The quantitative estimate of drug-likeness (QED) is 0.650. The van der Waals surface area contributed by atoms with E-state index in [0.29, 0.717) is 17.4 Å². The number of anilines is 1. The van der Waals surface area contributed by atoms with Crippen molar-refractivity contribution >= 4 is 33.4 Å². The van der Waals surface area contributed by atoms with Crippen molar-refractivity contribution in [3.05, 3.63) is 30.6 Å². The first-order valence-electron chi connectivity index (χ1n) is 5.26. The van der Waals surface area contributed by atoms with E-state index in [0.717, 1.165) is 15.8 Å². The maximum Gasteiger partial charge on any atom is 0.167 e. The van der Waals surface area contributed by atoms with Crippen molar-refractivity contribution in [3.63, 3.8) is 0 Å². The largest absolute Gasteiger partial charge is 0.496 e. The number of nitrogens with zero attached hydrogens (tertiary/aromatic N) is 2. The molecule has 3 N–H and O–H groups in total. The first-order chi connectivity index (χ1) is 8.71. The Morgan fingerprint density at radius 2 is 2.22 bits per heavy atom. The molecule has 1 aromatic carbocycles. The minimum atomic E-state index is 0.530. The van der Waals surface area contributed by atoms with E-state index in [2.05, 4.69) is 22.0 Å². The van der Waals surface area contributed by atoms with E-state index in [1.54, 1.807) is 7.11 Å². The number of hydrazine groups is 1. The van der Waals surface area contributed by atoms with Gasteiger partial charge in [-0.2, -0.15) is 0 Å². The molecule has 18 heavy (non-hydrogen) atoms. The van der Waals surface area contributed by atoms with Crippen molar-refractivity contribution in [2.24, 2.45) is 5.84 Å². The lowest BCUT2D eigenvalue weighted by atomic mass is 10.2. The van der Waals surface area contributed by atoms with Gasteiger partial charge in [-0.05, 0) is 18.4 Å². The highest BCUT2D eigenvalue weighted by Crippen LogP contribution is 2.31. The van der Waals surface area contributed by atoms with Crippen molar-refractivity contribution in [2.45, 2.75) is 0 Å². The molecular formula is C12H14N4OS. The first-order valence-corrected chi connectivity index (χ1v) is 6.48. The van der Waals surface area contributed by atoms with Crippen molar-refractivity contribution in [1.82, 2.24) is 9.97 Å². The van der Waals surface area contributed by atoms with Crippen LogP contribution in [-0.4, -0.2) is 23.3 Å². The summed E-state index contributed by atoms with van der Waals surface area (Å²) in [6.07, 6.45) is 1.93. The standard InChI is InChI=1S/C12H14N4OS/c1-7(18-3)11-14-8-5-4-6-9(17-2)10(8)12(15-11)16-13/h4-6H,1,13H2,2-3H3,(H,14,15,16). The Morgan fingerprint density at radius 3 is 2.83 bits per heavy atom. The summed E-state index contributed by atoms with van der Waals surface area (Å²) in [5.74, 6) is 7.30. The van der Waals surface area contributed by atoms with Crippen molar-refractivity contribution in [3.8, 4) is 5.75 Å². The molecule has 0 aliphatic heterocycles. The van der Waals surface area contributed by atoms with Crippen LogP contribution in [0.15, 0.2) is 24.8 Å². The molecule has 0 aliphatic rings. The molecule has 0 unspecified atom stereocenters. The van der Waals surface area contributed by atoms with Crippen LogP contribution in [0.5, 0.6) is 5.75 Å². The van der Waals surface area contributed by atoms with Crippen LogP contribution in [0.4, 0.5) is 5.82 Å². The van der Waals surface area contributed by atoms with Gasteiger partial charge in [-0.15, -0.1) is 11.8 Å². The fraction of sp³-hybridized carbons (Fsp3) is 0.167. The number of ether oxygens (including phenoxy) is 1. The second-order valence-corrected chi connectivity index (χ2v) is 4.42. The third-order valence-electron chi connectivity index (χ3n) is 2.54. The van der Waals surface area contributed by atoms with E-state index in [9.17, 15) is 0 Å². The predicted molar refractivity (Wildman–Crippen MR) is 76.4 cm³/mol. The van der Waals surface area contributed by atoms with Gasteiger partial charge in [-0.25, -0.2) is 15.8 Å². The maximum atomic E-state index is 5.52. The summed E-state index contributed by atoms with van der Waals surface area (Å²) in [6.45, 7) is 3.91. The van der Waals surface area contributed by atoms with Gasteiger partial charge in [0.25, 0.3) is 0 Å². The van der Waals surface area contributed by atoms with Crippen LogP contribution < -0.4 is 16.0 Å². The van der Waals surface area contributed by atoms with Gasteiger partial charge in [-0.3, -0.25) is 0 Å². The number of benzene rings is 1. The Morgan fingerprint density at radius 1 is 1.44 bits per heavy atom. The summed E-state index contributed by atoms with van der Waals surface area (Å²) in [5.41, 5.74) is 3.35. The monoisotopic (exact) mass is 262 g/mol. The van der Waals surface area contributed by atoms with Gasteiger partial charge >= 0.3 is 0 Å². The fourth-order valence-electron chi connectivity index (χ4n) is 1.64. The number of hydrogen-bond donors (Lipinski definition) is 2. The Labute approximate surface area is 109 Å². The molecule has 1 aromatic heterocycles. The molecule has 6 heteroatoms. The molecule has 0 amide bonds. The number of nitrogen functional groups attached to an aromatic ring is 1. The number of hydrogen-bond acceptors (Lipinski definition) is 6. The number of methoxy groups -OCH3 is 1. The van der Waals surface area contributed by atoms with Gasteiger partial charge in [0, 0.05) is 4.91 Å². The Kier molecular flexibility index (Phi) is 3.69. The summed E-state index contributed by atoms with van der Waals surface area (Å²) in [6, 6.07) is 5.60. The molecule has 0 saturated carbocycles. The summed E-state index contributed by atoms with van der Waals surface area (Å²) in [7, 11) is 1.60. The number of rotatable bonds is 4. The molecule has 5 nitrogen and oxygen atoms in total. The van der Waals surface area contributed by atoms with E-state index in [1.807, 2.05) is 24.5 Å². The van der Waals surface area contributed by atoms with E-state index >= 15 is 0 Å². The lowest BCUT2D eigenvalue weighted by molar-refractivity contribution is 0.420. The Bertz CT molecular complexity index is 600. The molecule has 2 rings (SSSR count). The molecule has 0 atom stereocenters. The Balaban J connectivity index is 2.74. The highest BCUT2D eigenvalue weighted by molar-refractivity contribution is 8.07. The SMILES string of the molecule is C=C(SC)c1nc(NN)c2c(OC)cccc2n1. The van der Waals surface area contributed by atoms with Crippen molar-refractivity contribution in [1.29, 1.82) is 0 Å². The predicted octanol–water partition coefficient (Wildman–Crippen LogP) is 2.26. The van der Waals surface area contributed by atoms with Crippen LogP contribution in [0.3, 0.4) is 0 Å². The minimum absolute atomic E-state index is 0.530. The number of nitrogens with one attached hydrogen (secondary N) is 1. The van der Waals surface area contributed by atoms with Gasteiger partial charge in [0.05, 0.1) is 18.0 Å². The number of aromatic nitrogens is 2.